The van der Waals surface area contributed by atoms with E-state index in [2.05, 4.69) is 38.7 Å². The summed E-state index contributed by atoms with van der Waals surface area (Å²) in [5.74, 6) is -9.70. The van der Waals surface area contributed by atoms with Crippen LogP contribution < -0.4 is 26.6 Å². The van der Waals surface area contributed by atoms with Gasteiger partial charge in [0.25, 0.3) is 0 Å². The lowest BCUT2D eigenvalue weighted by Crippen LogP contribution is -2.52. The van der Waals surface area contributed by atoms with E-state index in [9.17, 15) is 83.1 Å². The molecule has 3 aromatic carbocycles. The number of amides is 5. The molecule has 5 rings (SSSR count). The van der Waals surface area contributed by atoms with Gasteiger partial charge in [-0.05, 0) is 118 Å². The molecule has 2 fully saturated rings. The number of nitrogens with one attached hydrogen (secondary N) is 5. The highest BCUT2D eigenvalue weighted by atomic mass is 16.4. The number of carboxylic acid groups (broad SMARTS) is 6. The van der Waals surface area contributed by atoms with Gasteiger partial charge in [0.15, 0.2) is 0 Å². The number of rotatable bonds is 40. The molecule has 0 radical (unpaired) electrons. The molecule has 27 nitrogen and oxygen atoms in total. The summed E-state index contributed by atoms with van der Waals surface area (Å²) in [7, 11) is 0. The first kappa shape index (κ1) is 77.3. The van der Waals surface area contributed by atoms with E-state index in [-0.39, 0.29) is 153 Å². The minimum Gasteiger partial charge on any atom is -0.481 e. The van der Waals surface area contributed by atoms with Gasteiger partial charge in [-0.3, -0.25) is 62.8 Å². The number of aryl methyl sites for hydroxylation is 2. The number of ketones is 2. The summed E-state index contributed by atoms with van der Waals surface area (Å²) < 4.78 is 0. The summed E-state index contributed by atoms with van der Waals surface area (Å²) in [6.07, 6.45) is 6.28. The number of unbranched alkanes of at least 4 members (excludes halogenated alkanes) is 3. The number of nitrogens with zero attached hydrogens (tertiary/aromatic N) is 4. The van der Waals surface area contributed by atoms with Crippen molar-refractivity contribution in [3.05, 3.63) is 83.4 Å². The van der Waals surface area contributed by atoms with E-state index in [1.165, 1.54) is 11.1 Å². The molecular weight excluding hydrogens is 1230 g/mol. The van der Waals surface area contributed by atoms with Gasteiger partial charge in [0.2, 0.25) is 17.7 Å². The Morgan fingerprint density at radius 3 is 1.56 bits per heavy atom. The summed E-state index contributed by atoms with van der Waals surface area (Å²) in [5, 5.41) is 72.3. The molecule has 1 saturated heterocycles. The van der Waals surface area contributed by atoms with Crippen molar-refractivity contribution < 1.29 is 88.2 Å². The number of carbonyl (C=O) groups excluding carboxylic acids is 6. The normalized spacial score (nSPS) is 17.5. The number of Topliss-reactive ketones (excluding diaryl/α,β-unsaturated/α-hetero) is 2. The zero-order chi connectivity index (χ0) is 69.2. The maximum atomic E-state index is 14.2. The van der Waals surface area contributed by atoms with Gasteiger partial charge in [-0.25, -0.2) is 14.4 Å². The Kier molecular flexibility index (Phi) is 33.7. The first-order valence-corrected chi connectivity index (χ1v) is 33.1. The fourth-order valence-corrected chi connectivity index (χ4v) is 12.1. The molecular formula is C68H97N9O18. The molecule has 1 heterocycles. The second-order valence-electron chi connectivity index (χ2n) is 25.2. The second kappa shape index (κ2) is 41.4. The van der Waals surface area contributed by atoms with E-state index in [1.54, 1.807) is 19.6 Å². The van der Waals surface area contributed by atoms with Crippen LogP contribution in [0, 0.1) is 24.7 Å². The zero-order valence-corrected chi connectivity index (χ0v) is 54.5. The lowest BCUT2D eigenvalue weighted by atomic mass is 9.77. The highest BCUT2D eigenvalue weighted by Gasteiger charge is 2.32. The van der Waals surface area contributed by atoms with E-state index < -0.39 is 90.5 Å². The fraction of sp³-hybridized carbons (Fsp3) is 0.588. The Labute approximate surface area is 554 Å². The van der Waals surface area contributed by atoms with E-state index in [0.717, 1.165) is 29.2 Å². The van der Waals surface area contributed by atoms with Crippen LogP contribution in [0.4, 0.5) is 4.79 Å². The third-order valence-corrected chi connectivity index (χ3v) is 17.6. The Morgan fingerprint density at radius 1 is 0.484 bits per heavy atom. The Balaban J connectivity index is 1.19. The minimum absolute atomic E-state index is 0.00937. The lowest BCUT2D eigenvalue weighted by Gasteiger charge is -2.33. The molecule has 27 heteroatoms. The van der Waals surface area contributed by atoms with Gasteiger partial charge in [-0.1, -0.05) is 85.1 Å². The van der Waals surface area contributed by atoms with E-state index in [4.69, 9.17) is 5.11 Å². The van der Waals surface area contributed by atoms with Crippen LogP contribution in [-0.2, 0) is 65.6 Å². The Bertz CT molecular complexity index is 3020. The topological polar surface area (TPSA) is 399 Å². The van der Waals surface area contributed by atoms with Crippen molar-refractivity contribution in [2.45, 2.75) is 147 Å². The fourth-order valence-electron chi connectivity index (χ4n) is 12.1. The monoisotopic (exact) mass is 1330 g/mol. The van der Waals surface area contributed by atoms with Crippen LogP contribution in [0.15, 0.2) is 66.7 Å². The quantitative estimate of drug-likeness (QED) is 0.0358. The van der Waals surface area contributed by atoms with Crippen LogP contribution in [0.3, 0.4) is 0 Å². The molecule has 0 spiro atoms. The highest BCUT2D eigenvalue weighted by molar-refractivity contribution is 5.90. The molecule has 5 amide bonds. The largest absolute Gasteiger partial charge is 0.481 e. The summed E-state index contributed by atoms with van der Waals surface area (Å²) in [6, 6.07) is 16.8. The van der Waals surface area contributed by atoms with Gasteiger partial charge in [-0.2, -0.15) is 0 Å². The number of benzene rings is 3. The number of carboxylic acids is 6. The third kappa shape index (κ3) is 30.7. The number of carbonyl (C=O) groups is 12. The van der Waals surface area contributed by atoms with Gasteiger partial charge >= 0.3 is 41.8 Å². The van der Waals surface area contributed by atoms with Crippen molar-refractivity contribution >= 4 is 81.9 Å². The maximum absolute atomic E-state index is 14.2. The average Bonchev–Trinajstić information content (AvgIpc) is 0.876. The molecule has 522 valence electrons. The summed E-state index contributed by atoms with van der Waals surface area (Å²) in [5.41, 5.74) is 3.18. The molecule has 1 aliphatic heterocycles. The predicted molar refractivity (Wildman–Crippen MR) is 350 cm³/mol. The number of urea groups is 1. The van der Waals surface area contributed by atoms with Crippen LogP contribution in [0.2, 0.25) is 0 Å². The van der Waals surface area contributed by atoms with Gasteiger partial charge < -0.3 is 57.2 Å². The van der Waals surface area contributed by atoms with Gasteiger partial charge in [0.05, 0.1) is 26.2 Å². The van der Waals surface area contributed by atoms with Crippen LogP contribution in [0.5, 0.6) is 0 Å². The first-order valence-electron chi connectivity index (χ1n) is 33.1. The Hall–Kier alpha value is -8.40. The first-order chi connectivity index (χ1) is 45.4. The van der Waals surface area contributed by atoms with Crippen LogP contribution in [0.1, 0.15) is 126 Å². The van der Waals surface area contributed by atoms with E-state index in [1.807, 2.05) is 61.5 Å². The van der Waals surface area contributed by atoms with Crippen molar-refractivity contribution in [2.24, 2.45) is 17.8 Å². The molecule has 0 aromatic heterocycles. The molecule has 11 N–H and O–H groups in total. The zero-order valence-electron chi connectivity index (χ0n) is 54.5. The molecule has 4 atom stereocenters. The van der Waals surface area contributed by atoms with Gasteiger partial charge in [0.1, 0.15) is 29.7 Å². The molecule has 1 saturated carbocycles. The number of aliphatic carboxylic acids is 6. The highest BCUT2D eigenvalue weighted by Crippen LogP contribution is 2.31. The standard InChI is InChI=1S/C68H97N9O18/c1-46-17-19-47(20-18-46)10-9-14-54(78)13-3-2-4-15-55(71-59(80)42-74-30-32-75(43-61(83)84)34-36-77(45-63(87)88)37-35-76(33-31-74)44-62(85)86)65(90)70-41-48-21-25-51(26-22-48)58(79)40-53(39-49-23-24-50-11-5-6-12-52(50)38-49)64(89)69-29-8-7-16-56(66(91)92)72-68(95)73-57(67(93)94)27-28-60(81)82/h5-6,11-12,17-20,23-24,38,48,51,53,55-57H,2-4,7-10,13-16,21-22,25-37,39-45H2,1H3,(H,69,89)(H,70,90)(H,71,80)(H,81,82)(H,83,84)(H,85,86)(H,87,88)(H,91,92)(H,93,94)(H2,72,73,95). The average molecular weight is 1330 g/mol. The van der Waals surface area contributed by atoms with Crippen molar-refractivity contribution in [3.8, 4) is 0 Å². The maximum Gasteiger partial charge on any atom is 0.326 e. The van der Waals surface area contributed by atoms with E-state index >= 15 is 0 Å². The molecule has 2 aliphatic rings. The van der Waals surface area contributed by atoms with Crippen LogP contribution in [0.25, 0.3) is 10.8 Å². The number of hydrogen-bond donors (Lipinski definition) is 11. The summed E-state index contributed by atoms with van der Waals surface area (Å²) >= 11 is 0. The van der Waals surface area contributed by atoms with Crippen molar-refractivity contribution in [1.29, 1.82) is 0 Å². The minimum atomic E-state index is -1.56. The molecule has 1 aliphatic carbocycles. The number of fused-ring (bicyclic) bond motifs is 1. The van der Waals surface area contributed by atoms with Crippen molar-refractivity contribution in [3.63, 3.8) is 0 Å². The Morgan fingerprint density at radius 2 is 1.00 bits per heavy atom. The SMILES string of the molecule is Cc1ccc(CCCC(=O)CCCCCC(NC(=O)CN2CCN(CC(=O)O)CCN(CC(=O)O)CCN(CC(=O)O)CC2)C(=O)NCC2CCC(C(=O)CC(Cc3ccc4ccccc4c3)C(=O)NCCCCC(NC(=O)NC(CCC(=O)O)C(=O)O)C(=O)O)CC2)cc1. The van der Waals surface area contributed by atoms with Gasteiger partial charge in [0, 0.05) is 103 Å². The smallest absolute Gasteiger partial charge is 0.326 e. The summed E-state index contributed by atoms with van der Waals surface area (Å²) in [4.78, 5) is 159. The third-order valence-electron chi connectivity index (χ3n) is 17.6. The van der Waals surface area contributed by atoms with Crippen molar-refractivity contribution in [1.82, 2.24) is 46.2 Å². The second-order valence-corrected chi connectivity index (χ2v) is 25.2. The molecule has 3 aromatic rings. The van der Waals surface area contributed by atoms with Gasteiger partial charge in [-0.15, -0.1) is 0 Å². The molecule has 0 bridgehead atoms. The molecule has 95 heavy (non-hydrogen) atoms. The predicted octanol–water partition coefficient (Wildman–Crippen LogP) is 4.05. The van der Waals surface area contributed by atoms with Crippen molar-refractivity contribution in [2.75, 3.05) is 91.6 Å². The summed E-state index contributed by atoms with van der Waals surface area (Å²) in [6.45, 7) is 2.82. The number of hydrogen-bond acceptors (Lipinski definition) is 16. The van der Waals surface area contributed by atoms with Crippen LogP contribution >= 0.6 is 0 Å². The van der Waals surface area contributed by atoms with E-state index in [0.29, 0.717) is 64.2 Å². The lowest BCUT2D eigenvalue weighted by molar-refractivity contribution is -0.141. The van der Waals surface area contributed by atoms with Crippen LogP contribution in [-0.4, -0.2) is 231 Å². The molecule has 4 unspecified atom stereocenters.